The zero-order valence-corrected chi connectivity index (χ0v) is 11.5. The van der Waals surface area contributed by atoms with E-state index >= 15 is 0 Å². The van der Waals surface area contributed by atoms with Crippen molar-refractivity contribution in [3.05, 3.63) is 53.0 Å². The molecule has 1 aromatic carbocycles. The first-order valence-electron chi connectivity index (χ1n) is 6.86. The average molecular weight is 253 g/mol. The monoisotopic (exact) mass is 253 g/mol. The topological polar surface area (TPSA) is 37.8 Å². The molecule has 0 amide bonds. The molecule has 0 aliphatic heterocycles. The highest BCUT2D eigenvalue weighted by atomic mass is 15.0. The summed E-state index contributed by atoms with van der Waals surface area (Å²) in [6, 6.07) is 10.7. The van der Waals surface area contributed by atoms with Crippen LogP contribution in [0.4, 0.5) is 5.82 Å². The Morgan fingerprint density at radius 1 is 1.16 bits per heavy atom. The van der Waals surface area contributed by atoms with E-state index < -0.39 is 0 Å². The molecular formula is C16H19N3. The van der Waals surface area contributed by atoms with E-state index in [4.69, 9.17) is 4.98 Å². The van der Waals surface area contributed by atoms with Crippen LogP contribution in [-0.2, 0) is 6.42 Å². The van der Waals surface area contributed by atoms with Crippen molar-refractivity contribution in [3.63, 3.8) is 0 Å². The smallest absolute Gasteiger partial charge is 0.135 e. The van der Waals surface area contributed by atoms with Crippen LogP contribution >= 0.6 is 0 Å². The van der Waals surface area contributed by atoms with Gasteiger partial charge < -0.3 is 5.32 Å². The van der Waals surface area contributed by atoms with Crippen molar-refractivity contribution in [1.82, 2.24) is 9.97 Å². The SMILES string of the molecule is CNc1cc(C2CC2)nc(Cc2ccc(C)cc2)n1. The number of hydrogen-bond acceptors (Lipinski definition) is 3. The molecule has 0 radical (unpaired) electrons. The molecule has 0 saturated heterocycles. The van der Waals surface area contributed by atoms with Crippen LogP contribution in [0.25, 0.3) is 0 Å². The summed E-state index contributed by atoms with van der Waals surface area (Å²) >= 11 is 0. The minimum absolute atomic E-state index is 0.659. The number of aromatic nitrogens is 2. The Kier molecular flexibility index (Phi) is 3.20. The molecule has 2 aromatic rings. The Balaban J connectivity index is 1.86. The van der Waals surface area contributed by atoms with E-state index in [0.29, 0.717) is 5.92 Å². The lowest BCUT2D eigenvalue weighted by atomic mass is 10.1. The van der Waals surface area contributed by atoms with Crippen molar-refractivity contribution >= 4 is 5.82 Å². The Morgan fingerprint density at radius 3 is 2.53 bits per heavy atom. The molecule has 1 N–H and O–H groups in total. The fourth-order valence-corrected chi connectivity index (χ4v) is 2.20. The Morgan fingerprint density at radius 2 is 1.89 bits per heavy atom. The molecule has 0 unspecified atom stereocenters. The molecule has 1 fully saturated rings. The second-order valence-corrected chi connectivity index (χ2v) is 5.28. The molecular weight excluding hydrogens is 234 g/mol. The quantitative estimate of drug-likeness (QED) is 0.908. The molecule has 19 heavy (non-hydrogen) atoms. The van der Waals surface area contributed by atoms with E-state index in [1.807, 2.05) is 7.05 Å². The third-order valence-corrected chi connectivity index (χ3v) is 3.53. The maximum atomic E-state index is 4.71. The fourth-order valence-electron chi connectivity index (χ4n) is 2.20. The highest BCUT2D eigenvalue weighted by Crippen LogP contribution is 2.39. The highest BCUT2D eigenvalue weighted by Gasteiger charge is 2.26. The molecule has 1 aromatic heterocycles. The van der Waals surface area contributed by atoms with E-state index in [-0.39, 0.29) is 0 Å². The first kappa shape index (κ1) is 12.2. The van der Waals surface area contributed by atoms with Crippen molar-refractivity contribution in [2.45, 2.75) is 32.1 Å². The Hall–Kier alpha value is -1.90. The maximum absolute atomic E-state index is 4.71. The third kappa shape index (κ3) is 2.92. The number of aryl methyl sites for hydroxylation is 1. The summed E-state index contributed by atoms with van der Waals surface area (Å²) in [5.41, 5.74) is 3.74. The minimum atomic E-state index is 0.659. The van der Waals surface area contributed by atoms with Gasteiger partial charge in [-0.15, -0.1) is 0 Å². The molecule has 1 heterocycles. The van der Waals surface area contributed by atoms with Gasteiger partial charge in [-0.2, -0.15) is 0 Å². The van der Waals surface area contributed by atoms with Crippen molar-refractivity contribution in [3.8, 4) is 0 Å². The van der Waals surface area contributed by atoms with Gasteiger partial charge in [0.15, 0.2) is 0 Å². The molecule has 0 bridgehead atoms. The predicted molar refractivity (Wildman–Crippen MR) is 77.5 cm³/mol. The van der Waals surface area contributed by atoms with E-state index in [9.17, 15) is 0 Å². The van der Waals surface area contributed by atoms with Gasteiger partial charge in [-0.1, -0.05) is 29.8 Å². The molecule has 0 spiro atoms. The Bertz CT molecular complexity index is 571. The van der Waals surface area contributed by atoms with Crippen LogP contribution in [0.3, 0.4) is 0 Å². The second kappa shape index (κ2) is 5.00. The molecule has 1 aliphatic carbocycles. The molecule has 0 atom stereocenters. The van der Waals surface area contributed by atoms with Gasteiger partial charge in [0.05, 0.1) is 0 Å². The molecule has 3 rings (SSSR count). The first-order valence-corrected chi connectivity index (χ1v) is 6.86. The number of rotatable bonds is 4. The van der Waals surface area contributed by atoms with Crippen LogP contribution in [0.1, 0.15) is 41.4 Å². The molecule has 3 nitrogen and oxygen atoms in total. The summed E-state index contributed by atoms with van der Waals surface area (Å²) < 4.78 is 0. The number of benzene rings is 1. The summed E-state index contributed by atoms with van der Waals surface area (Å²) in [5.74, 6) is 2.50. The highest BCUT2D eigenvalue weighted by molar-refractivity contribution is 5.38. The van der Waals surface area contributed by atoms with Gasteiger partial charge in [-0.25, -0.2) is 9.97 Å². The summed E-state index contributed by atoms with van der Waals surface area (Å²) in [7, 11) is 1.91. The number of nitrogens with zero attached hydrogens (tertiary/aromatic N) is 2. The molecule has 1 aliphatic rings. The van der Waals surface area contributed by atoms with Gasteiger partial charge in [0, 0.05) is 31.1 Å². The fraction of sp³-hybridized carbons (Fsp3) is 0.375. The zero-order valence-electron chi connectivity index (χ0n) is 11.5. The van der Waals surface area contributed by atoms with Crippen molar-refractivity contribution < 1.29 is 0 Å². The van der Waals surface area contributed by atoms with E-state index in [1.54, 1.807) is 0 Å². The first-order chi connectivity index (χ1) is 9.24. The van der Waals surface area contributed by atoms with Crippen LogP contribution in [0, 0.1) is 6.92 Å². The largest absolute Gasteiger partial charge is 0.373 e. The molecule has 3 heteroatoms. The molecule has 98 valence electrons. The lowest BCUT2D eigenvalue weighted by molar-refractivity contribution is 0.901. The van der Waals surface area contributed by atoms with Crippen LogP contribution in [0.5, 0.6) is 0 Å². The van der Waals surface area contributed by atoms with Gasteiger partial charge in [0.25, 0.3) is 0 Å². The molecule has 1 saturated carbocycles. The van der Waals surface area contributed by atoms with Crippen molar-refractivity contribution in [1.29, 1.82) is 0 Å². The maximum Gasteiger partial charge on any atom is 0.135 e. The van der Waals surface area contributed by atoms with Crippen LogP contribution in [0.15, 0.2) is 30.3 Å². The van der Waals surface area contributed by atoms with Crippen LogP contribution in [0.2, 0.25) is 0 Å². The number of anilines is 1. The third-order valence-electron chi connectivity index (χ3n) is 3.53. The summed E-state index contributed by atoms with van der Waals surface area (Å²) in [4.78, 5) is 9.27. The summed E-state index contributed by atoms with van der Waals surface area (Å²) in [6.07, 6.45) is 3.34. The lowest BCUT2D eigenvalue weighted by Crippen LogP contribution is -2.04. The van der Waals surface area contributed by atoms with E-state index in [1.165, 1.54) is 29.7 Å². The lowest BCUT2D eigenvalue weighted by Gasteiger charge is -2.07. The van der Waals surface area contributed by atoms with Gasteiger partial charge in [0.2, 0.25) is 0 Å². The summed E-state index contributed by atoms with van der Waals surface area (Å²) in [6.45, 7) is 2.10. The summed E-state index contributed by atoms with van der Waals surface area (Å²) in [5, 5.41) is 3.13. The standard InChI is InChI=1S/C16H19N3/c1-11-3-5-12(6-4-11)9-16-18-14(13-7-8-13)10-15(17-2)19-16/h3-6,10,13H,7-9H2,1-2H3,(H,17,18,19). The number of hydrogen-bond donors (Lipinski definition) is 1. The number of nitrogens with one attached hydrogen (secondary N) is 1. The van der Waals surface area contributed by atoms with Gasteiger partial charge >= 0.3 is 0 Å². The van der Waals surface area contributed by atoms with Crippen molar-refractivity contribution in [2.75, 3.05) is 12.4 Å². The van der Waals surface area contributed by atoms with Gasteiger partial charge in [-0.3, -0.25) is 0 Å². The minimum Gasteiger partial charge on any atom is -0.373 e. The second-order valence-electron chi connectivity index (χ2n) is 5.28. The van der Waals surface area contributed by atoms with Crippen molar-refractivity contribution in [2.24, 2.45) is 0 Å². The van der Waals surface area contributed by atoms with E-state index in [0.717, 1.165) is 18.1 Å². The Labute approximate surface area is 114 Å². The van der Waals surface area contributed by atoms with Gasteiger partial charge in [0.1, 0.15) is 11.6 Å². The van der Waals surface area contributed by atoms with E-state index in [2.05, 4.69) is 47.6 Å². The van der Waals surface area contributed by atoms with Crippen LogP contribution in [-0.4, -0.2) is 17.0 Å². The zero-order chi connectivity index (χ0) is 13.2. The van der Waals surface area contributed by atoms with Gasteiger partial charge in [-0.05, 0) is 25.3 Å². The normalized spacial score (nSPS) is 14.4. The van der Waals surface area contributed by atoms with Crippen LogP contribution < -0.4 is 5.32 Å². The average Bonchev–Trinajstić information content (AvgIpc) is 3.25. The predicted octanol–water partition coefficient (Wildman–Crippen LogP) is 3.29.